The fraction of sp³-hybridized carbons (Fsp3) is 0.685. The zero-order valence-corrected chi connectivity index (χ0v) is 38.9. The van der Waals surface area contributed by atoms with Crippen molar-refractivity contribution in [2.24, 2.45) is 0 Å². The van der Waals surface area contributed by atoms with Gasteiger partial charge in [-0.05, 0) is 89.9 Å². The molecule has 0 aromatic rings. The van der Waals surface area contributed by atoms with E-state index in [9.17, 15) is 14.4 Å². The molecule has 0 heterocycles. The molecule has 1 unspecified atom stereocenters. The van der Waals surface area contributed by atoms with Gasteiger partial charge in [0.2, 0.25) is 0 Å². The van der Waals surface area contributed by atoms with Crippen molar-refractivity contribution >= 4 is 17.9 Å². The molecule has 0 amide bonds. The topological polar surface area (TPSA) is 78.9 Å². The van der Waals surface area contributed by atoms with Gasteiger partial charge in [0.15, 0.2) is 6.10 Å². The standard InChI is InChI=1S/C54H90O6/c1-4-7-10-13-16-19-21-23-25-26-27-29-30-32-35-38-41-44-47-53(56)59-50-51(49-58-52(55)46-43-40-37-34-18-15-12-9-6-3)60-54(57)48-45-42-39-36-33-31-28-24-22-20-17-14-11-8-5-2/h8-9,11-12,14,17-18,20,22,24,27-29,34,51H,4-7,10,13,15-16,19,21,23,25-26,30-33,35-50H2,1-3H3/b11-8-,12-9-,17-14-,22-20-,28-24-,29-27-,34-18-. The molecule has 0 aliphatic heterocycles. The highest BCUT2D eigenvalue weighted by Gasteiger charge is 2.19. The second kappa shape index (κ2) is 48.3. The Labute approximate surface area is 369 Å². The maximum absolute atomic E-state index is 12.7. The van der Waals surface area contributed by atoms with Gasteiger partial charge in [0.25, 0.3) is 0 Å². The number of ether oxygens (including phenoxy) is 3. The van der Waals surface area contributed by atoms with E-state index in [0.29, 0.717) is 19.3 Å². The summed E-state index contributed by atoms with van der Waals surface area (Å²) in [5, 5.41) is 0. The molecular formula is C54H90O6. The summed E-state index contributed by atoms with van der Waals surface area (Å²) < 4.78 is 16.7. The van der Waals surface area contributed by atoms with E-state index >= 15 is 0 Å². The van der Waals surface area contributed by atoms with Gasteiger partial charge in [-0.1, -0.05) is 196 Å². The number of carbonyl (C=O) groups is 3. The molecule has 0 radical (unpaired) electrons. The lowest BCUT2D eigenvalue weighted by Gasteiger charge is -2.18. The van der Waals surface area contributed by atoms with Gasteiger partial charge in [-0.2, -0.15) is 0 Å². The lowest BCUT2D eigenvalue weighted by Crippen LogP contribution is -2.30. The molecule has 1 atom stereocenters. The Hall–Kier alpha value is -3.41. The highest BCUT2D eigenvalue weighted by molar-refractivity contribution is 5.71. The molecule has 0 aliphatic rings. The molecule has 0 saturated carbocycles. The molecule has 342 valence electrons. The lowest BCUT2D eigenvalue weighted by atomic mass is 10.1. The number of hydrogen-bond donors (Lipinski definition) is 0. The van der Waals surface area contributed by atoms with Gasteiger partial charge in [0.05, 0.1) is 0 Å². The zero-order valence-electron chi connectivity index (χ0n) is 38.9. The lowest BCUT2D eigenvalue weighted by molar-refractivity contribution is -0.167. The minimum Gasteiger partial charge on any atom is -0.462 e. The van der Waals surface area contributed by atoms with Crippen LogP contribution in [0.2, 0.25) is 0 Å². The van der Waals surface area contributed by atoms with Gasteiger partial charge < -0.3 is 14.2 Å². The first-order valence-corrected chi connectivity index (χ1v) is 24.6. The second-order valence-corrected chi connectivity index (χ2v) is 16.0. The van der Waals surface area contributed by atoms with Crippen LogP contribution in [0.3, 0.4) is 0 Å². The van der Waals surface area contributed by atoms with Crippen molar-refractivity contribution in [3.63, 3.8) is 0 Å². The average Bonchev–Trinajstić information content (AvgIpc) is 3.24. The molecule has 60 heavy (non-hydrogen) atoms. The Bertz CT molecular complexity index is 1190. The quantitative estimate of drug-likeness (QED) is 0.0200. The predicted octanol–water partition coefficient (Wildman–Crippen LogP) is 16.0. The van der Waals surface area contributed by atoms with Crippen LogP contribution < -0.4 is 0 Å². The summed E-state index contributed by atoms with van der Waals surface area (Å²) in [5.74, 6) is -0.975. The average molecular weight is 835 g/mol. The Balaban J connectivity index is 4.40. The van der Waals surface area contributed by atoms with Gasteiger partial charge in [-0.15, -0.1) is 0 Å². The fourth-order valence-corrected chi connectivity index (χ4v) is 6.54. The molecule has 6 nitrogen and oxygen atoms in total. The fourth-order valence-electron chi connectivity index (χ4n) is 6.54. The number of carbonyl (C=O) groups excluding carboxylic acids is 3. The maximum atomic E-state index is 12.7. The van der Waals surface area contributed by atoms with Crippen molar-refractivity contribution in [2.75, 3.05) is 13.2 Å². The van der Waals surface area contributed by atoms with E-state index in [1.807, 2.05) is 24.3 Å². The van der Waals surface area contributed by atoms with Crippen LogP contribution in [-0.2, 0) is 28.6 Å². The third-order valence-electron chi connectivity index (χ3n) is 10.2. The summed E-state index contributed by atoms with van der Waals surface area (Å²) in [6.45, 7) is 6.31. The maximum Gasteiger partial charge on any atom is 0.306 e. The highest BCUT2D eigenvalue weighted by Crippen LogP contribution is 2.14. The molecule has 0 aromatic carbocycles. The van der Waals surface area contributed by atoms with Crippen LogP contribution in [0.25, 0.3) is 0 Å². The van der Waals surface area contributed by atoms with E-state index in [1.165, 1.54) is 77.0 Å². The molecular weight excluding hydrogens is 745 g/mol. The minimum absolute atomic E-state index is 0.102. The Morgan fingerprint density at radius 1 is 0.367 bits per heavy atom. The van der Waals surface area contributed by atoms with Gasteiger partial charge >= 0.3 is 17.9 Å². The van der Waals surface area contributed by atoms with Crippen molar-refractivity contribution < 1.29 is 28.6 Å². The van der Waals surface area contributed by atoms with Crippen molar-refractivity contribution in [2.45, 2.75) is 226 Å². The first-order valence-electron chi connectivity index (χ1n) is 24.6. The molecule has 6 heteroatoms. The summed E-state index contributed by atoms with van der Waals surface area (Å²) >= 11 is 0. The first-order chi connectivity index (χ1) is 29.5. The van der Waals surface area contributed by atoms with E-state index in [2.05, 4.69) is 81.5 Å². The van der Waals surface area contributed by atoms with E-state index in [4.69, 9.17) is 14.2 Å². The molecule has 0 spiro atoms. The van der Waals surface area contributed by atoms with Gasteiger partial charge in [0, 0.05) is 19.3 Å². The predicted molar refractivity (Wildman–Crippen MR) is 256 cm³/mol. The summed E-state index contributed by atoms with van der Waals surface area (Å²) in [4.78, 5) is 37.8. The van der Waals surface area contributed by atoms with Gasteiger partial charge in [0.1, 0.15) is 13.2 Å². The van der Waals surface area contributed by atoms with Gasteiger partial charge in [-0.3, -0.25) is 14.4 Å². The zero-order chi connectivity index (χ0) is 43.7. The van der Waals surface area contributed by atoms with Crippen LogP contribution in [0.15, 0.2) is 85.1 Å². The summed E-state index contributed by atoms with van der Waals surface area (Å²) in [6.07, 6.45) is 61.5. The van der Waals surface area contributed by atoms with Gasteiger partial charge in [-0.25, -0.2) is 0 Å². The molecule has 0 aromatic heterocycles. The summed E-state index contributed by atoms with van der Waals surface area (Å²) in [5.41, 5.74) is 0. The number of hydrogen-bond acceptors (Lipinski definition) is 6. The van der Waals surface area contributed by atoms with Crippen molar-refractivity contribution in [1.82, 2.24) is 0 Å². The largest absolute Gasteiger partial charge is 0.462 e. The van der Waals surface area contributed by atoms with E-state index in [0.717, 1.165) is 103 Å². The molecule has 0 bridgehead atoms. The van der Waals surface area contributed by atoms with E-state index < -0.39 is 6.10 Å². The SMILES string of the molecule is CC\C=C/C=C\C=C/C=C\CCCCCCCC(=O)OC(COC(=O)CCCC/C=C\C/C=C\CC)COC(=O)CCCCCCC/C=C\CCCCCCCCCCC. The smallest absolute Gasteiger partial charge is 0.306 e. The van der Waals surface area contributed by atoms with E-state index in [-0.39, 0.29) is 31.1 Å². The molecule has 0 N–H and O–H groups in total. The molecule has 0 fully saturated rings. The highest BCUT2D eigenvalue weighted by atomic mass is 16.6. The summed E-state index contributed by atoms with van der Waals surface area (Å²) in [6, 6.07) is 0. The first kappa shape index (κ1) is 56.6. The van der Waals surface area contributed by atoms with Crippen LogP contribution in [0.1, 0.15) is 220 Å². The van der Waals surface area contributed by atoms with Crippen molar-refractivity contribution in [3.05, 3.63) is 85.1 Å². The number of rotatable bonds is 43. The van der Waals surface area contributed by atoms with Crippen LogP contribution >= 0.6 is 0 Å². The third-order valence-corrected chi connectivity index (χ3v) is 10.2. The van der Waals surface area contributed by atoms with Crippen LogP contribution in [0.5, 0.6) is 0 Å². The normalized spacial score (nSPS) is 12.8. The summed E-state index contributed by atoms with van der Waals surface area (Å²) in [7, 11) is 0. The monoisotopic (exact) mass is 835 g/mol. The minimum atomic E-state index is -0.804. The number of allylic oxidation sites excluding steroid dienone is 14. The second-order valence-electron chi connectivity index (χ2n) is 16.0. The van der Waals surface area contributed by atoms with E-state index in [1.54, 1.807) is 0 Å². The molecule has 0 aliphatic carbocycles. The van der Waals surface area contributed by atoms with Crippen molar-refractivity contribution in [1.29, 1.82) is 0 Å². The Morgan fingerprint density at radius 3 is 1.25 bits per heavy atom. The Morgan fingerprint density at radius 2 is 0.733 bits per heavy atom. The third kappa shape index (κ3) is 45.7. The van der Waals surface area contributed by atoms with Crippen LogP contribution in [0, 0.1) is 0 Å². The van der Waals surface area contributed by atoms with Crippen molar-refractivity contribution in [3.8, 4) is 0 Å². The Kier molecular flexibility index (Phi) is 45.5. The number of esters is 3. The van der Waals surface area contributed by atoms with Crippen LogP contribution in [-0.4, -0.2) is 37.2 Å². The molecule has 0 saturated heterocycles. The number of unbranched alkanes of at least 4 members (excludes halogenated alkanes) is 21. The molecule has 0 rings (SSSR count). The van der Waals surface area contributed by atoms with Crippen LogP contribution in [0.4, 0.5) is 0 Å².